The lowest BCUT2D eigenvalue weighted by Gasteiger charge is -2.20. The van der Waals surface area contributed by atoms with Gasteiger partial charge in [-0.2, -0.15) is 0 Å². The third kappa shape index (κ3) is 3.99. The second-order valence-corrected chi connectivity index (χ2v) is 5.70. The summed E-state index contributed by atoms with van der Waals surface area (Å²) < 4.78 is 12.9. The second-order valence-electron chi connectivity index (χ2n) is 5.70. The Bertz CT molecular complexity index is 641. The third-order valence-corrected chi connectivity index (χ3v) is 2.71. The Morgan fingerprint density at radius 3 is 2.50 bits per heavy atom. The number of aromatic nitrogens is 2. The zero-order chi connectivity index (χ0) is 14.8. The van der Waals surface area contributed by atoms with E-state index in [0.29, 0.717) is 23.6 Å². The van der Waals surface area contributed by atoms with Crippen LogP contribution in [0.5, 0.6) is 0 Å². The van der Waals surface area contributed by atoms with Crippen LogP contribution in [0.1, 0.15) is 26.5 Å². The summed E-state index contributed by atoms with van der Waals surface area (Å²) >= 11 is 0. The molecule has 0 saturated carbocycles. The highest BCUT2D eigenvalue weighted by Crippen LogP contribution is 2.14. The molecule has 1 aromatic carbocycles. The van der Waals surface area contributed by atoms with Gasteiger partial charge in [-0.1, -0.05) is 0 Å². The lowest BCUT2D eigenvalue weighted by atomic mass is 10.1. The summed E-state index contributed by atoms with van der Waals surface area (Å²) in [5.74, 6) is 0.129. The first kappa shape index (κ1) is 14.4. The van der Waals surface area contributed by atoms with Crippen molar-refractivity contribution in [2.24, 2.45) is 0 Å². The highest BCUT2D eigenvalue weighted by molar-refractivity contribution is 5.54. The average Bonchev–Trinajstić information content (AvgIpc) is 2.36. The molecular weight excluding hydrogens is 257 g/mol. The van der Waals surface area contributed by atoms with E-state index in [1.807, 2.05) is 20.8 Å². The Kier molecular flexibility index (Phi) is 3.99. The van der Waals surface area contributed by atoms with Gasteiger partial charge in [-0.15, -0.1) is 0 Å². The molecule has 5 heteroatoms. The first-order valence-corrected chi connectivity index (χ1v) is 6.45. The fourth-order valence-corrected chi connectivity index (χ4v) is 1.70. The van der Waals surface area contributed by atoms with Crippen molar-refractivity contribution < 1.29 is 4.39 Å². The van der Waals surface area contributed by atoms with E-state index in [2.05, 4.69) is 15.3 Å². The minimum Gasteiger partial charge on any atom is -0.307 e. The van der Waals surface area contributed by atoms with Gasteiger partial charge >= 0.3 is 0 Å². The van der Waals surface area contributed by atoms with Gasteiger partial charge < -0.3 is 10.3 Å². The molecule has 0 spiro atoms. The first-order valence-electron chi connectivity index (χ1n) is 6.45. The number of hydrogen-bond donors (Lipinski definition) is 2. The monoisotopic (exact) mass is 275 g/mol. The Morgan fingerprint density at radius 2 is 1.90 bits per heavy atom. The molecule has 20 heavy (non-hydrogen) atoms. The van der Waals surface area contributed by atoms with Crippen LogP contribution in [-0.2, 0) is 6.54 Å². The lowest BCUT2D eigenvalue weighted by Crippen LogP contribution is -2.35. The molecule has 0 saturated heterocycles. The second kappa shape index (κ2) is 5.54. The lowest BCUT2D eigenvalue weighted by molar-refractivity contribution is 0.421. The van der Waals surface area contributed by atoms with E-state index in [-0.39, 0.29) is 16.9 Å². The van der Waals surface area contributed by atoms with Crippen LogP contribution >= 0.6 is 0 Å². The van der Waals surface area contributed by atoms with Gasteiger partial charge in [0.05, 0.1) is 5.69 Å². The van der Waals surface area contributed by atoms with Crippen LogP contribution in [0.4, 0.5) is 4.39 Å². The molecule has 0 aliphatic rings. The predicted molar refractivity (Wildman–Crippen MR) is 76.8 cm³/mol. The van der Waals surface area contributed by atoms with E-state index < -0.39 is 0 Å². The molecule has 0 radical (unpaired) electrons. The maximum absolute atomic E-state index is 12.9. The van der Waals surface area contributed by atoms with Crippen LogP contribution in [0.3, 0.4) is 0 Å². The maximum atomic E-state index is 12.9. The van der Waals surface area contributed by atoms with E-state index in [1.54, 1.807) is 12.1 Å². The van der Waals surface area contributed by atoms with Gasteiger partial charge in [0.25, 0.3) is 5.56 Å². The highest BCUT2D eigenvalue weighted by Gasteiger charge is 2.10. The molecule has 4 nitrogen and oxygen atoms in total. The van der Waals surface area contributed by atoms with Gasteiger partial charge in [0.2, 0.25) is 0 Å². The molecule has 1 aromatic heterocycles. The maximum Gasteiger partial charge on any atom is 0.251 e. The van der Waals surface area contributed by atoms with Crippen molar-refractivity contribution in [3.8, 4) is 11.4 Å². The number of hydrogen-bond acceptors (Lipinski definition) is 3. The van der Waals surface area contributed by atoms with Crippen LogP contribution < -0.4 is 10.9 Å². The number of rotatable bonds is 3. The molecule has 0 aliphatic heterocycles. The summed E-state index contributed by atoms with van der Waals surface area (Å²) in [5, 5.41) is 3.28. The van der Waals surface area contributed by atoms with Crippen molar-refractivity contribution in [1.29, 1.82) is 0 Å². The summed E-state index contributed by atoms with van der Waals surface area (Å²) in [6.07, 6.45) is 0. The summed E-state index contributed by atoms with van der Waals surface area (Å²) in [6.45, 7) is 6.63. The Labute approximate surface area is 117 Å². The predicted octanol–water partition coefficient (Wildman–Crippen LogP) is 2.46. The van der Waals surface area contributed by atoms with Crippen molar-refractivity contribution in [2.75, 3.05) is 0 Å². The fraction of sp³-hybridized carbons (Fsp3) is 0.333. The molecule has 0 aliphatic carbocycles. The van der Waals surface area contributed by atoms with E-state index in [1.165, 1.54) is 18.2 Å². The van der Waals surface area contributed by atoms with Crippen LogP contribution in [0.25, 0.3) is 11.4 Å². The summed E-state index contributed by atoms with van der Waals surface area (Å²) in [5.41, 5.74) is 1.06. The Morgan fingerprint density at radius 1 is 1.25 bits per heavy atom. The van der Waals surface area contributed by atoms with Crippen molar-refractivity contribution >= 4 is 0 Å². The highest BCUT2D eigenvalue weighted by atomic mass is 19.1. The molecule has 2 aromatic rings. The van der Waals surface area contributed by atoms with Gasteiger partial charge in [-0.25, -0.2) is 9.37 Å². The van der Waals surface area contributed by atoms with Crippen LogP contribution in [-0.4, -0.2) is 15.5 Å². The molecule has 0 atom stereocenters. The molecule has 0 unspecified atom stereocenters. The van der Waals surface area contributed by atoms with Gasteiger partial charge in [0.15, 0.2) is 0 Å². The topological polar surface area (TPSA) is 57.8 Å². The molecule has 106 valence electrons. The smallest absolute Gasteiger partial charge is 0.251 e. The van der Waals surface area contributed by atoms with Crippen molar-refractivity contribution in [2.45, 2.75) is 32.9 Å². The van der Waals surface area contributed by atoms with E-state index in [0.717, 1.165) is 0 Å². The van der Waals surface area contributed by atoms with E-state index >= 15 is 0 Å². The molecule has 0 bridgehead atoms. The van der Waals surface area contributed by atoms with Crippen LogP contribution in [0.2, 0.25) is 0 Å². The zero-order valence-corrected chi connectivity index (χ0v) is 11.8. The number of nitrogens with one attached hydrogen (secondary N) is 2. The Balaban J connectivity index is 2.29. The number of halogens is 1. The normalized spacial score (nSPS) is 11.6. The summed E-state index contributed by atoms with van der Waals surface area (Å²) in [4.78, 5) is 18.7. The SMILES string of the molecule is CC(C)(C)NCc1cc(=O)[nH]c(-c2ccc(F)cc2)n1. The molecule has 1 heterocycles. The molecule has 2 rings (SSSR count). The summed E-state index contributed by atoms with van der Waals surface area (Å²) in [7, 11) is 0. The van der Waals surface area contributed by atoms with E-state index in [9.17, 15) is 9.18 Å². The van der Waals surface area contributed by atoms with Gasteiger partial charge in [0.1, 0.15) is 11.6 Å². The standard InChI is InChI=1S/C15H18FN3O/c1-15(2,3)17-9-12-8-13(20)19-14(18-12)10-4-6-11(16)7-5-10/h4-8,17H,9H2,1-3H3,(H,18,19,20). The average molecular weight is 275 g/mol. The van der Waals surface area contributed by atoms with Gasteiger partial charge in [0, 0.05) is 23.7 Å². The number of benzene rings is 1. The number of H-pyrrole nitrogens is 1. The first-order chi connectivity index (χ1) is 9.33. The molecular formula is C15H18FN3O. The molecule has 0 fully saturated rings. The number of aromatic amines is 1. The minimum absolute atomic E-state index is 0.0552. The zero-order valence-electron chi connectivity index (χ0n) is 11.8. The van der Waals surface area contributed by atoms with Crippen molar-refractivity contribution in [3.63, 3.8) is 0 Å². The van der Waals surface area contributed by atoms with Crippen molar-refractivity contribution in [1.82, 2.24) is 15.3 Å². The minimum atomic E-state index is -0.318. The summed E-state index contributed by atoms with van der Waals surface area (Å²) in [6, 6.07) is 7.33. The molecule has 0 amide bonds. The van der Waals surface area contributed by atoms with Crippen LogP contribution in [0.15, 0.2) is 35.1 Å². The van der Waals surface area contributed by atoms with Crippen molar-refractivity contribution in [3.05, 3.63) is 52.2 Å². The van der Waals surface area contributed by atoms with Crippen LogP contribution in [0, 0.1) is 5.82 Å². The fourth-order valence-electron chi connectivity index (χ4n) is 1.70. The van der Waals surface area contributed by atoms with Gasteiger partial charge in [-0.05, 0) is 45.0 Å². The van der Waals surface area contributed by atoms with Gasteiger partial charge in [-0.3, -0.25) is 4.79 Å². The Hall–Kier alpha value is -2.01. The quantitative estimate of drug-likeness (QED) is 0.904. The molecule has 2 N–H and O–H groups in total. The third-order valence-electron chi connectivity index (χ3n) is 2.71. The largest absolute Gasteiger partial charge is 0.307 e. The van der Waals surface area contributed by atoms with E-state index in [4.69, 9.17) is 0 Å². The number of nitrogens with zero attached hydrogens (tertiary/aromatic N) is 1.